The molecule has 3 heterocycles. The molecule has 1 N–H and O–H groups in total. The Morgan fingerprint density at radius 1 is 1.00 bits per heavy atom. The number of hydrogen-bond acceptors (Lipinski definition) is 6. The molecule has 2 saturated heterocycles. The number of anilines is 2. The average molecular weight is 476 g/mol. The van der Waals surface area contributed by atoms with Crippen molar-refractivity contribution in [2.75, 3.05) is 23.0 Å². The predicted molar refractivity (Wildman–Crippen MR) is 127 cm³/mol. The molecule has 0 spiro atoms. The fourth-order valence-electron chi connectivity index (χ4n) is 4.28. The lowest BCUT2D eigenvalue weighted by Gasteiger charge is -2.28. The SMILES string of the molecule is O=C1NN(c2ccc(F)cc2)C(=O)C1=Cc1ccc(-c2ccc(N3CCCCC3)c([N+](=O)[O-])c2)o1. The zero-order valence-corrected chi connectivity index (χ0v) is 18.6. The number of benzene rings is 2. The summed E-state index contributed by atoms with van der Waals surface area (Å²) < 4.78 is 19.0. The van der Waals surface area contributed by atoms with Crippen molar-refractivity contribution in [1.29, 1.82) is 0 Å². The van der Waals surface area contributed by atoms with Crippen molar-refractivity contribution < 1.29 is 23.3 Å². The highest BCUT2D eigenvalue weighted by Gasteiger charge is 2.34. The molecule has 0 saturated carbocycles. The Morgan fingerprint density at radius 2 is 1.74 bits per heavy atom. The molecule has 35 heavy (non-hydrogen) atoms. The Bertz CT molecular complexity index is 1340. The standard InChI is InChI=1S/C25H21FN4O5/c26-17-5-7-18(8-6-17)29-25(32)20(24(31)27-29)15-19-9-11-23(35-19)16-4-10-21(22(14-16)30(33)34)28-12-2-1-3-13-28/h4-11,14-15H,1-3,12-13H2,(H,27,31). The Kier molecular flexibility index (Phi) is 5.77. The smallest absolute Gasteiger partial charge is 0.293 e. The zero-order chi connectivity index (χ0) is 24.5. The first-order chi connectivity index (χ1) is 16.9. The number of hydrazine groups is 1. The maximum absolute atomic E-state index is 13.2. The number of nitro groups is 1. The van der Waals surface area contributed by atoms with Crippen molar-refractivity contribution in [2.45, 2.75) is 19.3 Å². The molecule has 0 aliphatic carbocycles. The molecule has 0 unspecified atom stereocenters. The van der Waals surface area contributed by atoms with Gasteiger partial charge in [0.1, 0.15) is 28.6 Å². The van der Waals surface area contributed by atoms with Gasteiger partial charge in [0, 0.05) is 24.7 Å². The Hall–Kier alpha value is -4.47. The first-order valence-corrected chi connectivity index (χ1v) is 11.2. The van der Waals surface area contributed by atoms with E-state index in [4.69, 9.17) is 4.42 Å². The summed E-state index contributed by atoms with van der Waals surface area (Å²) in [7, 11) is 0. The third kappa shape index (κ3) is 4.37. The van der Waals surface area contributed by atoms with E-state index in [9.17, 15) is 24.1 Å². The molecular weight excluding hydrogens is 455 g/mol. The summed E-state index contributed by atoms with van der Waals surface area (Å²) in [6.07, 6.45) is 4.43. The normalized spacial score (nSPS) is 17.2. The van der Waals surface area contributed by atoms with Crippen LogP contribution in [0.15, 0.2) is 64.6 Å². The number of nitrogens with one attached hydrogen (secondary N) is 1. The molecule has 0 bridgehead atoms. The predicted octanol–water partition coefficient (Wildman–Crippen LogP) is 4.45. The van der Waals surface area contributed by atoms with Crippen LogP contribution in [0, 0.1) is 15.9 Å². The molecule has 9 nitrogen and oxygen atoms in total. The monoisotopic (exact) mass is 476 g/mol. The lowest BCUT2D eigenvalue weighted by molar-refractivity contribution is -0.384. The third-order valence-electron chi connectivity index (χ3n) is 6.04. The summed E-state index contributed by atoms with van der Waals surface area (Å²) in [6, 6.07) is 13.3. The van der Waals surface area contributed by atoms with Gasteiger partial charge in [-0.05, 0) is 73.9 Å². The van der Waals surface area contributed by atoms with E-state index in [1.807, 2.05) is 4.90 Å². The topological polar surface area (TPSA) is 109 Å². The summed E-state index contributed by atoms with van der Waals surface area (Å²) in [6.45, 7) is 1.56. The van der Waals surface area contributed by atoms with Crippen molar-refractivity contribution in [2.24, 2.45) is 0 Å². The molecule has 5 rings (SSSR count). The second kappa shape index (κ2) is 9.05. The van der Waals surface area contributed by atoms with E-state index in [0.29, 0.717) is 22.7 Å². The second-order valence-corrected chi connectivity index (χ2v) is 8.33. The molecule has 2 aliphatic heterocycles. The van der Waals surface area contributed by atoms with E-state index < -0.39 is 22.6 Å². The molecule has 2 aliphatic rings. The van der Waals surface area contributed by atoms with Crippen LogP contribution in [-0.2, 0) is 9.59 Å². The Morgan fingerprint density at radius 3 is 2.46 bits per heavy atom. The van der Waals surface area contributed by atoms with Crippen LogP contribution in [-0.4, -0.2) is 29.8 Å². The first-order valence-electron chi connectivity index (χ1n) is 11.2. The lowest BCUT2D eigenvalue weighted by Crippen LogP contribution is -2.35. The van der Waals surface area contributed by atoms with Gasteiger partial charge in [-0.3, -0.25) is 25.1 Å². The molecule has 1 aromatic heterocycles. The molecular formula is C25H21FN4O5. The van der Waals surface area contributed by atoms with Gasteiger partial charge in [-0.25, -0.2) is 9.40 Å². The maximum atomic E-state index is 13.2. The van der Waals surface area contributed by atoms with Crippen molar-refractivity contribution in [3.63, 3.8) is 0 Å². The summed E-state index contributed by atoms with van der Waals surface area (Å²) in [4.78, 5) is 38.5. The fourth-order valence-corrected chi connectivity index (χ4v) is 4.28. The van der Waals surface area contributed by atoms with Gasteiger partial charge < -0.3 is 9.32 Å². The summed E-state index contributed by atoms with van der Waals surface area (Å²) in [5.74, 6) is -1.09. The van der Waals surface area contributed by atoms with Crippen LogP contribution in [0.3, 0.4) is 0 Å². The highest BCUT2D eigenvalue weighted by atomic mass is 19.1. The number of nitrogens with zero attached hydrogens (tertiary/aromatic N) is 3. The molecule has 3 aromatic rings. The van der Waals surface area contributed by atoms with Gasteiger partial charge in [0.15, 0.2) is 0 Å². The van der Waals surface area contributed by atoms with Crippen molar-refractivity contribution in [3.8, 4) is 11.3 Å². The van der Waals surface area contributed by atoms with E-state index >= 15 is 0 Å². The van der Waals surface area contributed by atoms with E-state index in [2.05, 4.69) is 5.43 Å². The molecule has 0 atom stereocenters. The van der Waals surface area contributed by atoms with Crippen LogP contribution < -0.4 is 15.3 Å². The van der Waals surface area contributed by atoms with Crippen LogP contribution in [0.1, 0.15) is 25.0 Å². The second-order valence-electron chi connectivity index (χ2n) is 8.33. The van der Waals surface area contributed by atoms with Gasteiger partial charge in [-0.2, -0.15) is 0 Å². The third-order valence-corrected chi connectivity index (χ3v) is 6.04. The highest BCUT2D eigenvalue weighted by Crippen LogP contribution is 2.35. The van der Waals surface area contributed by atoms with Crippen molar-refractivity contribution >= 4 is 35.0 Å². The molecule has 2 amide bonds. The van der Waals surface area contributed by atoms with Crippen molar-refractivity contribution in [3.05, 3.63) is 81.9 Å². The van der Waals surface area contributed by atoms with E-state index in [1.165, 1.54) is 36.4 Å². The Balaban J connectivity index is 1.40. The summed E-state index contributed by atoms with van der Waals surface area (Å²) >= 11 is 0. The van der Waals surface area contributed by atoms with Crippen LogP contribution in [0.2, 0.25) is 0 Å². The fraction of sp³-hybridized carbons (Fsp3) is 0.200. The number of rotatable bonds is 5. The number of amides is 2. The first kappa shape index (κ1) is 22.3. The minimum absolute atomic E-state index is 0.000919. The van der Waals surface area contributed by atoms with Crippen LogP contribution >= 0.6 is 0 Å². The van der Waals surface area contributed by atoms with Crippen LogP contribution in [0.4, 0.5) is 21.5 Å². The van der Waals surface area contributed by atoms with E-state index in [0.717, 1.165) is 37.4 Å². The number of carbonyl (C=O) groups excluding carboxylic acids is 2. The molecule has 2 aromatic carbocycles. The lowest BCUT2D eigenvalue weighted by atomic mass is 10.1. The van der Waals surface area contributed by atoms with Crippen LogP contribution in [0.25, 0.3) is 17.4 Å². The van der Waals surface area contributed by atoms with Gasteiger partial charge in [0.05, 0.1) is 10.6 Å². The van der Waals surface area contributed by atoms with Gasteiger partial charge in [0.2, 0.25) is 0 Å². The highest BCUT2D eigenvalue weighted by molar-refractivity contribution is 6.31. The van der Waals surface area contributed by atoms with E-state index in [1.54, 1.807) is 24.3 Å². The average Bonchev–Trinajstić information content (AvgIpc) is 3.45. The molecule has 178 valence electrons. The zero-order valence-electron chi connectivity index (χ0n) is 18.6. The number of carbonyl (C=O) groups is 2. The van der Waals surface area contributed by atoms with Gasteiger partial charge in [-0.1, -0.05) is 0 Å². The maximum Gasteiger partial charge on any atom is 0.293 e. The summed E-state index contributed by atoms with van der Waals surface area (Å²) in [5, 5.41) is 12.8. The quantitative estimate of drug-likeness (QED) is 0.252. The van der Waals surface area contributed by atoms with Gasteiger partial charge in [0.25, 0.3) is 17.5 Å². The summed E-state index contributed by atoms with van der Waals surface area (Å²) in [5.41, 5.74) is 3.70. The van der Waals surface area contributed by atoms with E-state index in [-0.39, 0.29) is 17.0 Å². The minimum Gasteiger partial charge on any atom is -0.457 e. The molecule has 2 fully saturated rings. The Labute approximate surface area is 199 Å². The number of furan rings is 1. The van der Waals surface area contributed by atoms with Crippen molar-refractivity contribution in [1.82, 2.24) is 5.43 Å². The number of piperidine rings is 1. The molecule has 10 heteroatoms. The number of hydrogen-bond donors (Lipinski definition) is 1. The number of nitro benzene ring substituents is 1. The van der Waals surface area contributed by atoms with Gasteiger partial charge in [-0.15, -0.1) is 0 Å². The van der Waals surface area contributed by atoms with Gasteiger partial charge >= 0.3 is 0 Å². The minimum atomic E-state index is -0.626. The largest absolute Gasteiger partial charge is 0.457 e. The van der Waals surface area contributed by atoms with Crippen LogP contribution in [0.5, 0.6) is 0 Å². The molecule has 0 radical (unpaired) electrons. The number of halogens is 1.